The number of halogens is 1. The Bertz CT molecular complexity index is 427. The van der Waals surface area contributed by atoms with Gasteiger partial charge < -0.3 is 5.11 Å². The monoisotopic (exact) mass is 280 g/mol. The van der Waals surface area contributed by atoms with Gasteiger partial charge in [-0.1, -0.05) is 56.3 Å². The lowest BCUT2D eigenvalue weighted by molar-refractivity contribution is -0.141. The summed E-state index contributed by atoms with van der Waals surface area (Å²) >= 11 is 5.89. The highest BCUT2D eigenvalue weighted by atomic mass is 35.5. The molecule has 1 saturated carbocycles. The highest BCUT2D eigenvalue weighted by molar-refractivity contribution is 6.30. The van der Waals surface area contributed by atoms with Crippen molar-refractivity contribution in [1.82, 2.24) is 0 Å². The Morgan fingerprint density at radius 2 is 1.95 bits per heavy atom. The summed E-state index contributed by atoms with van der Waals surface area (Å²) in [7, 11) is 0. The van der Waals surface area contributed by atoms with E-state index < -0.39 is 5.97 Å². The third kappa shape index (κ3) is 3.30. The number of benzene rings is 1. The topological polar surface area (TPSA) is 37.3 Å². The van der Waals surface area contributed by atoms with Gasteiger partial charge in [-0.05, 0) is 36.0 Å². The van der Waals surface area contributed by atoms with Crippen LogP contribution in [-0.4, -0.2) is 11.1 Å². The Kier molecular flexibility index (Phi) is 4.87. The molecule has 2 rings (SSSR count). The largest absolute Gasteiger partial charge is 0.481 e. The summed E-state index contributed by atoms with van der Waals surface area (Å²) in [5.41, 5.74) is 0.891. The number of hydrogen-bond donors (Lipinski definition) is 1. The van der Waals surface area contributed by atoms with Crippen molar-refractivity contribution in [1.29, 1.82) is 0 Å². The molecule has 0 heterocycles. The molecule has 3 unspecified atom stereocenters. The van der Waals surface area contributed by atoms with Gasteiger partial charge in [-0.25, -0.2) is 0 Å². The van der Waals surface area contributed by atoms with Gasteiger partial charge in [0, 0.05) is 5.02 Å². The van der Waals surface area contributed by atoms with E-state index in [-0.39, 0.29) is 11.8 Å². The van der Waals surface area contributed by atoms with Crippen LogP contribution in [0.5, 0.6) is 0 Å². The molecule has 0 amide bonds. The highest BCUT2D eigenvalue weighted by Crippen LogP contribution is 2.41. The molecule has 2 nitrogen and oxygen atoms in total. The third-order valence-electron chi connectivity index (χ3n) is 4.42. The molecule has 0 aliphatic heterocycles. The maximum Gasteiger partial charge on any atom is 0.311 e. The minimum Gasteiger partial charge on any atom is -0.481 e. The second-order valence-corrected chi connectivity index (χ2v) is 5.92. The SMILES string of the molecule is CCC1CCCCC1C(C(=O)O)c1ccc(Cl)cc1. The molecular formula is C16H21ClO2. The molecule has 1 aromatic rings. The standard InChI is InChI=1S/C16H21ClO2/c1-2-11-5-3-4-6-14(11)15(16(18)19)12-7-9-13(17)10-8-12/h7-11,14-15H,2-6H2,1H3,(H,18,19). The average Bonchev–Trinajstić information content (AvgIpc) is 2.41. The zero-order valence-electron chi connectivity index (χ0n) is 11.3. The van der Waals surface area contributed by atoms with Gasteiger partial charge in [0.15, 0.2) is 0 Å². The van der Waals surface area contributed by atoms with E-state index in [9.17, 15) is 9.90 Å². The molecular weight excluding hydrogens is 260 g/mol. The molecule has 0 saturated heterocycles. The van der Waals surface area contributed by atoms with Crippen molar-refractivity contribution in [3.63, 3.8) is 0 Å². The predicted octanol–water partition coefficient (Wildman–Crippen LogP) is 4.72. The number of hydrogen-bond acceptors (Lipinski definition) is 1. The quantitative estimate of drug-likeness (QED) is 0.866. The van der Waals surface area contributed by atoms with E-state index in [2.05, 4.69) is 6.92 Å². The first-order valence-electron chi connectivity index (χ1n) is 7.11. The van der Waals surface area contributed by atoms with Crippen molar-refractivity contribution in [3.8, 4) is 0 Å². The van der Waals surface area contributed by atoms with E-state index in [1.165, 1.54) is 12.8 Å². The van der Waals surface area contributed by atoms with Gasteiger partial charge in [0.2, 0.25) is 0 Å². The summed E-state index contributed by atoms with van der Waals surface area (Å²) in [4.78, 5) is 11.7. The van der Waals surface area contributed by atoms with E-state index in [0.717, 1.165) is 24.8 Å². The number of aliphatic carboxylic acids is 1. The highest BCUT2D eigenvalue weighted by Gasteiger charge is 2.35. The fraction of sp³-hybridized carbons (Fsp3) is 0.562. The van der Waals surface area contributed by atoms with E-state index in [1.54, 1.807) is 12.1 Å². The lowest BCUT2D eigenvalue weighted by Gasteiger charge is -2.35. The normalized spacial score (nSPS) is 24.9. The van der Waals surface area contributed by atoms with Crippen molar-refractivity contribution in [2.75, 3.05) is 0 Å². The van der Waals surface area contributed by atoms with Gasteiger partial charge in [0.1, 0.15) is 0 Å². The predicted molar refractivity (Wildman–Crippen MR) is 77.6 cm³/mol. The van der Waals surface area contributed by atoms with Crippen LogP contribution in [0, 0.1) is 11.8 Å². The summed E-state index contributed by atoms with van der Waals surface area (Å²) in [6.45, 7) is 2.17. The summed E-state index contributed by atoms with van der Waals surface area (Å²) in [6, 6.07) is 7.30. The Labute approximate surface area is 119 Å². The summed E-state index contributed by atoms with van der Waals surface area (Å²) in [5, 5.41) is 10.3. The number of carboxylic acids is 1. The van der Waals surface area contributed by atoms with Crippen molar-refractivity contribution in [2.45, 2.75) is 44.9 Å². The minimum absolute atomic E-state index is 0.262. The van der Waals surface area contributed by atoms with Gasteiger partial charge >= 0.3 is 5.97 Å². The molecule has 1 aliphatic carbocycles. The van der Waals surface area contributed by atoms with Gasteiger partial charge in [0.05, 0.1) is 5.92 Å². The smallest absolute Gasteiger partial charge is 0.311 e. The molecule has 3 heteroatoms. The first-order chi connectivity index (χ1) is 9.13. The van der Waals surface area contributed by atoms with Crippen molar-refractivity contribution < 1.29 is 9.90 Å². The molecule has 1 aromatic carbocycles. The van der Waals surface area contributed by atoms with Crippen LogP contribution in [0.4, 0.5) is 0 Å². The second-order valence-electron chi connectivity index (χ2n) is 5.48. The molecule has 0 bridgehead atoms. The van der Waals surface area contributed by atoms with Crippen LogP contribution in [0.25, 0.3) is 0 Å². The molecule has 1 N–H and O–H groups in total. The molecule has 0 radical (unpaired) electrons. The lowest BCUT2D eigenvalue weighted by Crippen LogP contribution is -2.30. The van der Waals surface area contributed by atoms with Gasteiger partial charge in [-0.2, -0.15) is 0 Å². The zero-order chi connectivity index (χ0) is 13.8. The fourth-order valence-electron chi connectivity index (χ4n) is 3.43. The average molecular weight is 281 g/mol. The molecule has 19 heavy (non-hydrogen) atoms. The van der Waals surface area contributed by atoms with Crippen LogP contribution < -0.4 is 0 Å². The molecule has 1 fully saturated rings. The van der Waals surface area contributed by atoms with E-state index in [0.29, 0.717) is 10.9 Å². The number of carboxylic acid groups (broad SMARTS) is 1. The molecule has 104 valence electrons. The van der Waals surface area contributed by atoms with Crippen LogP contribution in [0.2, 0.25) is 5.02 Å². The Balaban J connectivity index is 2.28. The Morgan fingerprint density at radius 1 is 1.32 bits per heavy atom. The summed E-state index contributed by atoms with van der Waals surface area (Å²) < 4.78 is 0. The van der Waals surface area contributed by atoms with Crippen LogP contribution in [0.15, 0.2) is 24.3 Å². The Hall–Kier alpha value is -1.02. The maximum absolute atomic E-state index is 11.7. The van der Waals surface area contributed by atoms with Crippen molar-refractivity contribution in [3.05, 3.63) is 34.9 Å². The van der Waals surface area contributed by atoms with E-state index in [1.807, 2.05) is 12.1 Å². The lowest BCUT2D eigenvalue weighted by atomic mass is 9.69. The van der Waals surface area contributed by atoms with Crippen LogP contribution in [-0.2, 0) is 4.79 Å². The molecule has 0 spiro atoms. The van der Waals surface area contributed by atoms with Crippen LogP contribution >= 0.6 is 11.6 Å². The van der Waals surface area contributed by atoms with Gasteiger partial charge in [-0.15, -0.1) is 0 Å². The van der Waals surface area contributed by atoms with Crippen LogP contribution in [0.1, 0.15) is 50.5 Å². The minimum atomic E-state index is -0.701. The molecule has 3 atom stereocenters. The summed E-state index contributed by atoms with van der Waals surface area (Å²) in [6.07, 6.45) is 5.65. The molecule has 1 aliphatic rings. The van der Waals surface area contributed by atoms with Crippen LogP contribution in [0.3, 0.4) is 0 Å². The number of rotatable bonds is 4. The second kappa shape index (κ2) is 6.42. The van der Waals surface area contributed by atoms with E-state index >= 15 is 0 Å². The number of carbonyl (C=O) groups is 1. The third-order valence-corrected chi connectivity index (χ3v) is 4.67. The maximum atomic E-state index is 11.7. The first-order valence-corrected chi connectivity index (χ1v) is 7.49. The van der Waals surface area contributed by atoms with Crippen molar-refractivity contribution in [2.24, 2.45) is 11.8 Å². The van der Waals surface area contributed by atoms with Crippen molar-refractivity contribution >= 4 is 17.6 Å². The van der Waals surface area contributed by atoms with E-state index in [4.69, 9.17) is 11.6 Å². The zero-order valence-corrected chi connectivity index (χ0v) is 12.1. The van der Waals surface area contributed by atoms with Gasteiger partial charge in [-0.3, -0.25) is 4.79 Å². The Morgan fingerprint density at radius 3 is 2.53 bits per heavy atom. The first kappa shape index (κ1) is 14.4. The molecule has 0 aromatic heterocycles. The van der Waals surface area contributed by atoms with Gasteiger partial charge in [0.25, 0.3) is 0 Å². The summed E-state index contributed by atoms with van der Waals surface area (Å²) in [5.74, 6) is -0.293. The fourth-order valence-corrected chi connectivity index (χ4v) is 3.55.